The van der Waals surface area contributed by atoms with Crippen LogP contribution in [-0.4, -0.2) is 48.9 Å². The molecule has 2 unspecified atom stereocenters. The normalized spacial score (nSPS) is 20.1. The van der Waals surface area contributed by atoms with Crippen LogP contribution in [0.3, 0.4) is 0 Å². The second-order valence-electron chi connectivity index (χ2n) is 8.36. The first kappa shape index (κ1) is 21.6. The molecule has 3 aromatic rings. The van der Waals surface area contributed by atoms with E-state index in [2.05, 4.69) is 6.07 Å². The van der Waals surface area contributed by atoms with Gasteiger partial charge in [0.05, 0.1) is 39.0 Å². The number of thiophene rings is 1. The van der Waals surface area contributed by atoms with Crippen molar-refractivity contribution < 1.29 is 23.5 Å². The van der Waals surface area contributed by atoms with Gasteiger partial charge in [-0.05, 0) is 53.3 Å². The molecule has 1 aromatic carbocycles. The molecule has 2 aliphatic heterocycles. The monoisotopic (exact) mass is 466 g/mol. The molecule has 8 heteroatoms. The highest BCUT2D eigenvalue weighted by molar-refractivity contribution is 7.10. The fourth-order valence-corrected chi connectivity index (χ4v) is 5.71. The lowest BCUT2D eigenvalue weighted by molar-refractivity contribution is -0.137. The lowest BCUT2D eigenvalue weighted by Gasteiger charge is -2.38. The van der Waals surface area contributed by atoms with Crippen molar-refractivity contribution in [1.82, 2.24) is 9.80 Å². The highest BCUT2D eigenvalue weighted by Crippen LogP contribution is 2.43. The number of hydrogen-bond donors (Lipinski definition) is 0. The van der Waals surface area contributed by atoms with E-state index in [9.17, 15) is 9.59 Å². The molecule has 1 fully saturated rings. The predicted octanol–water partition coefficient (Wildman–Crippen LogP) is 3.88. The van der Waals surface area contributed by atoms with Gasteiger partial charge >= 0.3 is 0 Å². The number of amides is 2. The molecule has 0 radical (unpaired) electrons. The van der Waals surface area contributed by atoms with Crippen molar-refractivity contribution in [2.75, 3.05) is 27.3 Å². The van der Waals surface area contributed by atoms with E-state index in [1.54, 1.807) is 42.8 Å². The van der Waals surface area contributed by atoms with Gasteiger partial charge in [-0.25, -0.2) is 0 Å². The van der Waals surface area contributed by atoms with Crippen LogP contribution in [0.15, 0.2) is 52.5 Å². The Morgan fingerprint density at radius 1 is 1.18 bits per heavy atom. The summed E-state index contributed by atoms with van der Waals surface area (Å²) >= 11 is 1.63. The van der Waals surface area contributed by atoms with Crippen LogP contribution in [0.25, 0.3) is 0 Å². The summed E-state index contributed by atoms with van der Waals surface area (Å²) in [5, 5.41) is 2.03. The highest BCUT2D eigenvalue weighted by Gasteiger charge is 2.41. The van der Waals surface area contributed by atoms with E-state index in [1.807, 2.05) is 34.5 Å². The number of ether oxygens (including phenoxy) is 2. The maximum Gasteiger partial charge on any atom is 0.228 e. The quantitative estimate of drug-likeness (QED) is 0.551. The van der Waals surface area contributed by atoms with Crippen LogP contribution in [0.4, 0.5) is 0 Å². The van der Waals surface area contributed by atoms with Gasteiger partial charge in [-0.15, -0.1) is 11.3 Å². The number of rotatable bonds is 6. The standard InChI is InChI=1S/C25H26N2O5S/c1-30-20-11-16-7-8-27(24(22-6-4-10-33-22)19(16)13-21(20)31-2)25(29)17-12-23(28)26(14-17)15-18-5-3-9-32-18/h3-6,9-11,13,17,24H,7-8,12,14-15H2,1-2H3. The van der Waals surface area contributed by atoms with E-state index in [0.717, 1.165) is 28.2 Å². The van der Waals surface area contributed by atoms with Crippen molar-refractivity contribution in [2.24, 2.45) is 5.92 Å². The fraction of sp³-hybridized carbons (Fsp3) is 0.360. The van der Waals surface area contributed by atoms with Crippen molar-refractivity contribution in [3.8, 4) is 11.5 Å². The number of methoxy groups -OCH3 is 2. The maximum absolute atomic E-state index is 13.8. The molecule has 2 atom stereocenters. The summed E-state index contributed by atoms with van der Waals surface area (Å²) < 4.78 is 16.4. The number of likely N-dealkylation sites (tertiary alicyclic amines) is 1. The summed E-state index contributed by atoms with van der Waals surface area (Å²) in [6.45, 7) is 1.39. The predicted molar refractivity (Wildman–Crippen MR) is 123 cm³/mol. The molecule has 1 saturated heterocycles. The van der Waals surface area contributed by atoms with Crippen molar-refractivity contribution in [1.29, 1.82) is 0 Å². The molecule has 172 valence electrons. The summed E-state index contributed by atoms with van der Waals surface area (Å²) in [6.07, 6.45) is 2.55. The average Bonchev–Trinajstić information content (AvgIpc) is 3.60. The molecule has 4 heterocycles. The van der Waals surface area contributed by atoms with Gasteiger partial charge in [-0.2, -0.15) is 0 Å². The number of hydrogen-bond acceptors (Lipinski definition) is 6. The van der Waals surface area contributed by atoms with Crippen molar-refractivity contribution in [3.63, 3.8) is 0 Å². The van der Waals surface area contributed by atoms with E-state index < -0.39 is 0 Å². The van der Waals surface area contributed by atoms with Gasteiger partial charge in [0.15, 0.2) is 11.5 Å². The van der Waals surface area contributed by atoms with Gasteiger partial charge in [0.2, 0.25) is 11.8 Å². The van der Waals surface area contributed by atoms with Gasteiger partial charge in [-0.1, -0.05) is 6.07 Å². The maximum atomic E-state index is 13.8. The second kappa shape index (κ2) is 8.94. The molecule has 2 amide bonds. The van der Waals surface area contributed by atoms with Crippen molar-refractivity contribution in [2.45, 2.75) is 25.4 Å². The first-order valence-electron chi connectivity index (χ1n) is 11.0. The Kier molecular flexibility index (Phi) is 5.85. The van der Waals surface area contributed by atoms with Crippen LogP contribution in [-0.2, 0) is 22.6 Å². The van der Waals surface area contributed by atoms with Crippen LogP contribution in [0, 0.1) is 5.92 Å². The molecule has 2 aliphatic rings. The Hall–Kier alpha value is -3.26. The molecular formula is C25H26N2O5S. The lowest BCUT2D eigenvalue weighted by Crippen LogP contribution is -2.44. The Bertz CT molecular complexity index is 1140. The van der Waals surface area contributed by atoms with Crippen LogP contribution in [0.1, 0.15) is 34.2 Å². The van der Waals surface area contributed by atoms with E-state index in [4.69, 9.17) is 13.9 Å². The third-order valence-corrected chi connectivity index (χ3v) is 7.38. The van der Waals surface area contributed by atoms with Crippen LogP contribution in [0.2, 0.25) is 0 Å². The minimum Gasteiger partial charge on any atom is -0.493 e. The Balaban J connectivity index is 1.44. The summed E-state index contributed by atoms with van der Waals surface area (Å²) in [4.78, 5) is 31.2. The third kappa shape index (κ3) is 3.99. The van der Waals surface area contributed by atoms with Crippen LogP contribution < -0.4 is 9.47 Å². The molecule has 0 aliphatic carbocycles. The Morgan fingerprint density at radius 2 is 2.00 bits per heavy atom. The molecule has 5 rings (SSSR count). The number of carbonyl (C=O) groups is 2. The third-order valence-electron chi connectivity index (χ3n) is 6.46. The Morgan fingerprint density at radius 3 is 2.70 bits per heavy atom. The molecule has 0 saturated carbocycles. The number of carbonyl (C=O) groups excluding carboxylic acids is 2. The summed E-state index contributed by atoms with van der Waals surface area (Å²) in [5.74, 6) is 1.70. The number of benzene rings is 1. The SMILES string of the molecule is COc1cc2c(cc1OC)C(c1cccs1)N(C(=O)C1CC(=O)N(Cc3ccco3)C1)CC2. The van der Waals surface area contributed by atoms with E-state index in [0.29, 0.717) is 31.1 Å². The minimum atomic E-state index is -0.364. The van der Waals surface area contributed by atoms with E-state index in [1.165, 1.54) is 0 Å². The summed E-state index contributed by atoms with van der Waals surface area (Å²) in [5.41, 5.74) is 2.20. The smallest absolute Gasteiger partial charge is 0.228 e. The van der Waals surface area contributed by atoms with Crippen molar-refractivity contribution in [3.05, 3.63) is 69.8 Å². The van der Waals surface area contributed by atoms with Gasteiger partial charge < -0.3 is 23.7 Å². The molecule has 33 heavy (non-hydrogen) atoms. The molecule has 7 nitrogen and oxygen atoms in total. The zero-order valence-corrected chi connectivity index (χ0v) is 19.5. The summed E-state index contributed by atoms with van der Waals surface area (Å²) in [7, 11) is 3.25. The fourth-order valence-electron chi connectivity index (χ4n) is 4.85. The number of fused-ring (bicyclic) bond motifs is 1. The average molecular weight is 467 g/mol. The lowest BCUT2D eigenvalue weighted by atomic mass is 9.89. The number of nitrogens with zero attached hydrogens (tertiary/aromatic N) is 2. The Labute approximate surface area is 196 Å². The van der Waals surface area contributed by atoms with Gasteiger partial charge in [0.25, 0.3) is 0 Å². The molecule has 2 aromatic heterocycles. The molecule has 0 spiro atoms. The molecule has 0 bridgehead atoms. The topological polar surface area (TPSA) is 72.2 Å². The van der Waals surface area contributed by atoms with E-state index in [-0.39, 0.29) is 30.2 Å². The van der Waals surface area contributed by atoms with Crippen LogP contribution in [0.5, 0.6) is 11.5 Å². The largest absolute Gasteiger partial charge is 0.493 e. The van der Waals surface area contributed by atoms with Crippen LogP contribution >= 0.6 is 11.3 Å². The highest BCUT2D eigenvalue weighted by atomic mass is 32.1. The molecular weight excluding hydrogens is 440 g/mol. The van der Waals surface area contributed by atoms with Gasteiger partial charge in [0.1, 0.15) is 5.76 Å². The summed E-state index contributed by atoms with van der Waals surface area (Å²) in [6, 6.07) is 11.5. The van der Waals surface area contributed by atoms with E-state index >= 15 is 0 Å². The number of furan rings is 1. The molecule has 0 N–H and O–H groups in total. The van der Waals surface area contributed by atoms with Crippen molar-refractivity contribution >= 4 is 23.2 Å². The minimum absolute atomic E-state index is 0.0127. The van der Waals surface area contributed by atoms with Gasteiger partial charge in [-0.3, -0.25) is 9.59 Å². The first-order chi connectivity index (χ1) is 16.1. The van der Waals surface area contributed by atoms with Gasteiger partial charge in [0, 0.05) is 24.4 Å². The zero-order chi connectivity index (χ0) is 22.9. The first-order valence-corrected chi connectivity index (χ1v) is 11.9. The second-order valence-corrected chi connectivity index (χ2v) is 9.34. The zero-order valence-electron chi connectivity index (χ0n) is 18.7.